The van der Waals surface area contributed by atoms with Crippen LogP contribution in [-0.4, -0.2) is 23.7 Å². The fraction of sp³-hybridized carbons (Fsp3) is 0.316. The van der Waals surface area contributed by atoms with Gasteiger partial charge in [-0.15, -0.1) is 12.4 Å². The van der Waals surface area contributed by atoms with Crippen molar-refractivity contribution < 1.29 is 9.47 Å². The van der Waals surface area contributed by atoms with E-state index in [0.717, 1.165) is 23.3 Å². The molecule has 0 fully saturated rings. The number of hydrogen-bond donors (Lipinski definition) is 1. The first kappa shape index (κ1) is 19.6. The van der Waals surface area contributed by atoms with E-state index in [2.05, 4.69) is 23.8 Å². The number of aromatic amines is 1. The molecule has 0 atom stereocenters. The van der Waals surface area contributed by atoms with Crippen LogP contribution in [0.5, 0.6) is 5.75 Å². The van der Waals surface area contributed by atoms with Crippen molar-refractivity contribution in [1.29, 1.82) is 0 Å². The smallest absolute Gasteiger partial charge is 0.138 e. The predicted octanol–water partition coefficient (Wildman–Crippen LogP) is 5.02. The molecule has 0 bridgehead atoms. The van der Waals surface area contributed by atoms with Crippen LogP contribution in [0.3, 0.4) is 0 Å². The van der Waals surface area contributed by atoms with E-state index in [0.29, 0.717) is 24.0 Å². The first-order valence-electron chi connectivity index (χ1n) is 7.93. The van der Waals surface area contributed by atoms with Crippen LogP contribution >= 0.6 is 24.0 Å². The van der Waals surface area contributed by atoms with Crippen LogP contribution < -0.4 is 4.74 Å². The molecule has 0 aliphatic heterocycles. The number of fused-ring (bicyclic) bond motifs is 1. The van der Waals surface area contributed by atoms with Gasteiger partial charge in [0.05, 0.1) is 17.1 Å². The minimum atomic E-state index is 0. The molecule has 3 aromatic rings. The van der Waals surface area contributed by atoms with Crippen molar-refractivity contribution in [2.75, 3.05) is 13.7 Å². The molecule has 0 spiro atoms. The summed E-state index contributed by atoms with van der Waals surface area (Å²) in [4.78, 5) is 8.05. The van der Waals surface area contributed by atoms with E-state index >= 15 is 0 Å². The van der Waals surface area contributed by atoms with Gasteiger partial charge in [-0.25, -0.2) is 0 Å². The molecular formula is C19H22Cl2N2O2. The molecule has 6 heteroatoms. The van der Waals surface area contributed by atoms with Crippen molar-refractivity contribution in [2.24, 2.45) is 0 Å². The van der Waals surface area contributed by atoms with Crippen molar-refractivity contribution in [3.8, 4) is 5.75 Å². The molecule has 0 aliphatic carbocycles. The van der Waals surface area contributed by atoms with Crippen molar-refractivity contribution in [1.82, 2.24) is 9.97 Å². The van der Waals surface area contributed by atoms with Gasteiger partial charge in [0, 0.05) is 24.4 Å². The average molecular weight is 381 g/mol. The monoisotopic (exact) mass is 380 g/mol. The van der Waals surface area contributed by atoms with Gasteiger partial charge in [0.25, 0.3) is 0 Å². The van der Waals surface area contributed by atoms with Crippen molar-refractivity contribution in [2.45, 2.75) is 26.9 Å². The second kappa shape index (κ2) is 8.56. The summed E-state index contributed by atoms with van der Waals surface area (Å²) in [5, 5.41) is 1.82. The highest BCUT2D eigenvalue weighted by Crippen LogP contribution is 2.29. The Hall–Kier alpha value is -1.75. The molecule has 134 valence electrons. The number of para-hydroxylation sites is 1. The van der Waals surface area contributed by atoms with Crippen LogP contribution in [0.15, 0.2) is 30.5 Å². The van der Waals surface area contributed by atoms with Gasteiger partial charge in [0.15, 0.2) is 0 Å². The third-order valence-corrected chi connectivity index (χ3v) is 4.57. The quantitative estimate of drug-likeness (QED) is 0.652. The number of rotatable bonds is 6. The number of aromatic nitrogens is 2. The largest absolute Gasteiger partial charge is 0.486 e. The van der Waals surface area contributed by atoms with Crippen LogP contribution in [0.4, 0.5) is 0 Å². The summed E-state index contributed by atoms with van der Waals surface area (Å²) in [6, 6.07) is 7.46. The van der Waals surface area contributed by atoms with E-state index < -0.39 is 0 Å². The summed E-state index contributed by atoms with van der Waals surface area (Å²) >= 11 is 6.15. The Balaban J connectivity index is 0.00000225. The Kier molecular flexibility index (Phi) is 6.71. The molecular weight excluding hydrogens is 359 g/mol. The Morgan fingerprint density at radius 1 is 1.20 bits per heavy atom. The number of benzene rings is 1. The molecule has 0 unspecified atom stereocenters. The normalized spacial score (nSPS) is 10.7. The maximum Gasteiger partial charge on any atom is 0.138 e. The van der Waals surface area contributed by atoms with Gasteiger partial charge in [0.1, 0.15) is 18.1 Å². The van der Waals surface area contributed by atoms with Crippen molar-refractivity contribution >= 4 is 34.9 Å². The van der Waals surface area contributed by atoms with Gasteiger partial charge in [-0.3, -0.25) is 4.98 Å². The van der Waals surface area contributed by atoms with E-state index in [9.17, 15) is 0 Å². The molecule has 0 amide bonds. The highest BCUT2D eigenvalue weighted by atomic mass is 35.5. The van der Waals surface area contributed by atoms with Gasteiger partial charge in [-0.1, -0.05) is 23.7 Å². The molecule has 4 nitrogen and oxygen atoms in total. The highest BCUT2D eigenvalue weighted by molar-refractivity contribution is 6.32. The maximum atomic E-state index is 6.15. The zero-order chi connectivity index (χ0) is 17.1. The summed E-state index contributed by atoms with van der Waals surface area (Å²) in [5.41, 5.74) is 5.50. The van der Waals surface area contributed by atoms with E-state index in [-0.39, 0.29) is 12.4 Å². The predicted molar refractivity (Wildman–Crippen MR) is 104 cm³/mol. The topological polar surface area (TPSA) is 47.1 Å². The lowest BCUT2D eigenvalue weighted by Gasteiger charge is -2.10. The third kappa shape index (κ3) is 4.09. The number of hydrogen-bond acceptors (Lipinski definition) is 3. The third-order valence-electron chi connectivity index (χ3n) is 4.26. The standard InChI is InChI=1S/C19H21ClN2O2.ClH/c1-12-13(2)22-19-16(11-24-17-7-5-4-6-15(17)20)21-10-14(18(12)19)8-9-23-3;/h4-7,10,22H,8-9,11H2,1-3H3;1H. The molecule has 2 heterocycles. The number of H-pyrrole nitrogens is 1. The van der Waals surface area contributed by atoms with Crippen LogP contribution in [0.25, 0.3) is 10.9 Å². The zero-order valence-electron chi connectivity index (χ0n) is 14.6. The summed E-state index contributed by atoms with van der Waals surface area (Å²) < 4.78 is 11.1. The zero-order valence-corrected chi connectivity index (χ0v) is 16.1. The van der Waals surface area contributed by atoms with Crippen LogP contribution in [0.2, 0.25) is 5.02 Å². The minimum Gasteiger partial charge on any atom is -0.486 e. The van der Waals surface area contributed by atoms with E-state index in [4.69, 9.17) is 21.1 Å². The van der Waals surface area contributed by atoms with Gasteiger partial charge in [-0.05, 0) is 43.5 Å². The lowest BCUT2D eigenvalue weighted by Crippen LogP contribution is -2.03. The molecule has 0 radical (unpaired) electrons. The molecule has 2 aromatic heterocycles. The van der Waals surface area contributed by atoms with E-state index in [1.165, 1.54) is 16.5 Å². The molecule has 0 saturated heterocycles. The number of nitrogens with one attached hydrogen (secondary N) is 1. The first-order valence-corrected chi connectivity index (χ1v) is 8.31. The first-order chi connectivity index (χ1) is 11.6. The van der Waals surface area contributed by atoms with Crippen molar-refractivity contribution in [3.05, 3.63) is 58.0 Å². The number of ether oxygens (including phenoxy) is 2. The number of pyridine rings is 1. The minimum absolute atomic E-state index is 0. The SMILES string of the molecule is COCCc1cnc(COc2ccccc2Cl)c2[nH]c(C)c(C)c12.Cl. The van der Waals surface area contributed by atoms with Crippen LogP contribution in [0, 0.1) is 13.8 Å². The van der Waals surface area contributed by atoms with E-state index in [1.807, 2.05) is 30.5 Å². The molecule has 0 saturated carbocycles. The Morgan fingerprint density at radius 3 is 2.68 bits per heavy atom. The van der Waals surface area contributed by atoms with E-state index in [1.54, 1.807) is 7.11 Å². The van der Waals surface area contributed by atoms with Gasteiger partial charge >= 0.3 is 0 Å². The van der Waals surface area contributed by atoms with Gasteiger partial charge in [0.2, 0.25) is 0 Å². The Morgan fingerprint density at radius 2 is 1.96 bits per heavy atom. The molecule has 1 N–H and O–H groups in total. The van der Waals surface area contributed by atoms with Crippen molar-refractivity contribution in [3.63, 3.8) is 0 Å². The van der Waals surface area contributed by atoms with Crippen LogP contribution in [0.1, 0.15) is 22.5 Å². The molecule has 3 rings (SSSR count). The Bertz CT molecular complexity index is 862. The number of nitrogens with zero attached hydrogens (tertiary/aromatic N) is 1. The highest BCUT2D eigenvalue weighted by Gasteiger charge is 2.14. The second-order valence-corrected chi connectivity index (χ2v) is 6.22. The van der Waals surface area contributed by atoms with Gasteiger partial charge in [-0.2, -0.15) is 0 Å². The second-order valence-electron chi connectivity index (χ2n) is 5.82. The summed E-state index contributed by atoms with van der Waals surface area (Å²) in [5.74, 6) is 0.664. The van der Waals surface area contributed by atoms with Crippen LogP contribution in [-0.2, 0) is 17.8 Å². The number of aryl methyl sites for hydroxylation is 2. The number of halogens is 2. The summed E-state index contributed by atoms with van der Waals surface area (Å²) in [6.07, 6.45) is 2.76. The fourth-order valence-electron chi connectivity index (χ4n) is 2.84. The summed E-state index contributed by atoms with van der Waals surface area (Å²) in [7, 11) is 1.71. The molecule has 25 heavy (non-hydrogen) atoms. The number of methoxy groups -OCH3 is 1. The van der Waals surface area contributed by atoms with Gasteiger partial charge < -0.3 is 14.5 Å². The molecule has 1 aromatic carbocycles. The maximum absolute atomic E-state index is 6.15. The lowest BCUT2D eigenvalue weighted by atomic mass is 10.0. The molecule has 0 aliphatic rings. The fourth-order valence-corrected chi connectivity index (χ4v) is 3.03. The average Bonchev–Trinajstić information content (AvgIpc) is 2.88. The lowest BCUT2D eigenvalue weighted by molar-refractivity contribution is 0.202. The Labute approximate surface area is 158 Å². The summed E-state index contributed by atoms with van der Waals surface area (Å²) in [6.45, 7) is 5.25.